The van der Waals surface area contributed by atoms with Crippen molar-refractivity contribution in [1.29, 1.82) is 0 Å². The summed E-state index contributed by atoms with van der Waals surface area (Å²) in [5.74, 6) is -0.788. The monoisotopic (exact) mass is 493 g/mol. The quantitative estimate of drug-likeness (QED) is 0.318. The van der Waals surface area contributed by atoms with Crippen LogP contribution in [0.3, 0.4) is 0 Å². The molecule has 0 saturated carbocycles. The molecule has 0 aromatic heterocycles. The average Bonchev–Trinajstić information content (AvgIpc) is 2.83. The summed E-state index contributed by atoms with van der Waals surface area (Å²) >= 11 is 1.54. The van der Waals surface area contributed by atoms with E-state index < -0.39 is 5.54 Å². The molecule has 1 amide bonds. The number of hydrogen-bond acceptors (Lipinski definition) is 4. The SMILES string of the molecule is CCC(CCc1ccc(-c2ccc(Sc3ccc(C)cc3)cc2F)cc1)(COC(C)=O)NC(C)=O. The lowest BCUT2D eigenvalue weighted by Gasteiger charge is -2.33. The first kappa shape index (κ1) is 26.5. The zero-order chi connectivity index (χ0) is 25.4. The molecule has 6 heteroatoms. The summed E-state index contributed by atoms with van der Waals surface area (Å²) in [5, 5.41) is 2.97. The van der Waals surface area contributed by atoms with Gasteiger partial charge in [0.2, 0.25) is 5.91 Å². The predicted molar refractivity (Wildman–Crippen MR) is 139 cm³/mol. The van der Waals surface area contributed by atoms with Gasteiger partial charge in [0, 0.05) is 29.2 Å². The number of esters is 1. The number of carbonyl (C=O) groups is 2. The van der Waals surface area contributed by atoms with Crippen molar-refractivity contribution in [2.45, 2.75) is 62.3 Å². The van der Waals surface area contributed by atoms with Crippen molar-refractivity contribution in [1.82, 2.24) is 5.32 Å². The molecule has 3 aromatic rings. The van der Waals surface area contributed by atoms with Crippen LogP contribution < -0.4 is 5.32 Å². The number of rotatable bonds is 10. The van der Waals surface area contributed by atoms with Gasteiger partial charge < -0.3 is 10.1 Å². The molecular formula is C29H32FNO3S. The molecule has 1 atom stereocenters. The van der Waals surface area contributed by atoms with Crippen molar-refractivity contribution < 1.29 is 18.7 Å². The van der Waals surface area contributed by atoms with Crippen LogP contribution in [0.4, 0.5) is 4.39 Å². The molecule has 0 bridgehead atoms. The van der Waals surface area contributed by atoms with Crippen LogP contribution >= 0.6 is 11.8 Å². The number of carbonyl (C=O) groups excluding carboxylic acids is 2. The van der Waals surface area contributed by atoms with Crippen molar-refractivity contribution >= 4 is 23.6 Å². The van der Waals surface area contributed by atoms with E-state index in [1.165, 1.54) is 31.2 Å². The summed E-state index contributed by atoms with van der Waals surface area (Å²) in [4.78, 5) is 25.0. The Balaban J connectivity index is 1.69. The number of hydrogen-bond donors (Lipinski definition) is 1. The third-order valence-electron chi connectivity index (χ3n) is 6.02. The molecule has 3 aromatic carbocycles. The Morgan fingerprint density at radius 3 is 2.20 bits per heavy atom. The molecule has 0 spiro atoms. The van der Waals surface area contributed by atoms with E-state index in [2.05, 4.69) is 5.32 Å². The Morgan fingerprint density at radius 1 is 0.971 bits per heavy atom. The Kier molecular flexibility index (Phi) is 9.10. The van der Waals surface area contributed by atoms with Crippen LogP contribution in [-0.4, -0.2) is 24.0 Å². The summed E-state index contributed by atoms with van der Waals surface area (Å²) in [6.45, 7) is 6.97. The third kappa shape index (κ3) is 7.69. The van der Waals surface area contributed by atoms with Crippen molar-refractivity contribution in [3.8, 4) is 11.1 Å². The summed E-state index contributed by atoms with van der Waals surface area (Å²) < 4.78 is 20.2. The van der Waals surface area contributed by atoms with Crippen LogP contribution in [0.15, 0.2) is 76.5 Å². The number of nitrogens with one attached hydrogen (secondary N) is 1. The van der Waals surface area contributed by atoms with Gasteiger partial charge in [0.25, 0.3) is 0 Å². The maximum Gasteiger partial charge on any atom is 0.302 e. The second-order valence-corrected chi connectivity index (χ2v) is 10.00. The standard InChI is InChI=1S/C29H32FNO3S/c1-5-29(31-21(3)32,19-34-22(4)33)17-16-23-8-10-24(11-9-23)27-15-14-26(18-28(27)30)35-25-12-6-20(2)7-13-25/h6-15,18H,5,16-17,19H2,1-4H3,(H,31,32). The Labute approximate surface area is 211 Å². The molecule has 0 aliphatic carbocycles. The minimum atomic E-state index is -0.618. The van der Waals surface area contributed by atoms with Gasteiger partial charge in [-0.1, -0.05) is 66.7 Å². The molecule has 35 heavy (non-hydrogen) atoms. The molecule has 3 rings (SSSR count). The van der Waals surface area contributed by atoms with E-state index >= 15 is 0 Å². The number of benzene rings is 3. The molecule has 1 N–H and O–H groups in total. The lowest BCUT2D eigenvalue weighted by atomic mass is 9.88. The van der Waals surface area contributed by atoms with E-state index in [4.69, 9.17) is 4.74 Å². The maximum atomic E-state index is 14.9. The van der Waals surface area contributed by atoms with Gasteiger partial charge >= 0.3 is 5.97 Å². The van der Waals surface area contributed by atoms with Gasteiger partial charge in [-0.25, -0.2) is 4.39 Å². The fourth-order valence-electron chi connectivity index (χ4n) is 3.92. The number of ether oxygens (including phenoxy) is 1. The first-order valence-electron chi connectivity index (χ1n) is 11.8. The fraction of sp³-hybridized carbons (Fsp3) is 0.310. The van der Waals surface area contributed by atoms with Crippen LogP contribution in [0.25, 0.3) is 11.1 Å². The summed E-state index contributed by atoms with van der Waals surface area (Å²) in [7, 11) is 0. The van der Waals surface area contributed by atoms with Crippen molar-refractivity contribution in [3.05, 3.63) is 83.7 Å². The highest BCUT2D eigenvalue weighted by molar-refractivity contribution is 7.99. The highest BCUT2D eigenvalue weighted by Crippen LogP contribution is 2.32. The van der Waals surface area contributed by atoms with Gasteiger partial charge in [0.1, 0.15) is 12.4 Å². The van der Waals surface area contributed by atoms with Crippen LogP contribution in [0.1, 0.15) is 44.7 Å². The van der Waals surface area contributed by atoms with Crippen molar-refractivity contribution in [3.63, 3.8) is 0 Å². The van der Waals surface area contributed by atoms with Gasteiger partial charge in [-0.15, -0.1) is 0 Å². The van der Waals surface area contributed by atoms with Crippen LogP contribution in [0.5, 0.6) is 0 Å². The first-order chi connectivity index (χ1) is 16.7. The normalized spacial score (nSPS) is 12.6. The lowest BCUT2D eigenvalue weighted by Crippen LogP contribution is -2.51. The summed E-state index contributed by atoms with van der Waals surface area (Å²) in [5.41, 5.74) is 3.00. The van der Waals surface area contributed by atoms with Gasteiger partial charge in [0.05, 0.1) is 5.54 Å². The zero-order valence-electron chi connectivity index (χ0n) is 20.7. The van der Waals surface area contributed by atoms with Gasteiger partial charge in [-0.05, 0) is 61.6 Å². The predicted octanol–water partition coefficient (Wildman–Crippen LogP) is 6.73. The number of amides is 1. The Hall–Kier alpha value is -3.12. The van der Waals surface area contributed by atoms with Crippen LogP contribution in [0, 0.1) is 12.7 Å². The van der Waals surface area contributed by atoms with E-state index in [9.17, 15) is 14.0 Å². The third-order valence-corrected chi connectivity index (χ3v) is 7.02. The van der Waals surface area contributed by atoms with E-state index in [1.807, 2.05) is 74.5 Å². The fourth-order valence-corrected chi connectivity index (χ4v) is 4.76. The molecule has 0 aliphatic rings. The van der Waals surface area contributed by atoms with E-state index in [-0.39, 0.29) is 24.3 Å². The molecule has 0 fully saturated rings. The molecule has 184 valence electrons. The highest BCUT2D eigenvalue weighted by atomic mass is 32.2. The lowest BCUT2D eigenvalue weighted by molar-refractivity contribution is -0.144. The first-order valence-corrected chi connectivity index (χ1v) is 12.6. The summed E-state index contributed by atoms with van der Waals surface area (Å²) in [6, 6.07) is 21.3. The highest BCUT2D eigenvalue weighted by Gasteiger charge is 2.30. The van der Waals surface area contributed by atoms with Crippen molar-refractivity contribution in [2.75, 3.05) is 6.61 Å². The average molecular weight is 494 g/mol. The number of halogens is 1. The second-order valence-electron chi connectivity index (χ2n) is 8.85. The molecular weight excluding hydrogens is 461 g/mol. The molecule has 0 saturated heterocycles. The van der Waals surface area contributed by atoms with Crippen LogP contribution in [0.2, 0.25) is 0 Å². The maximum absolute atomic E-state index is 14.9. The van der Waals surface area contributed by atoms with E-state index in [1.54, 1.807) is 6.07 Å². The second kappa shape index (κ2) is 12.0. The minimum Gasteiger partial charge on any atom is -0.463 e. The van der Waals surface area contributed by atoms with Crippen LogP contribution in [-0.2, 0) is 20.7 Å². The number of aryl methyl sites for hydroxylation is 2. The van der Waals surface area contributed by atoms with E-state index in [0.717, 1.165) is 20.9 Å². The summed E-state index contributed by atoms with van der Waals surface area (Å²) in [6.07, 6.45) is 1.94. The molecule has 1 unspecified atom stereocenters. The zero-order valence-corrected chi connectivity index (χ0v) is 21.5. The van der Waals surface area contributed by atoms with Crippen molar-refractivity contribution in [2.24, 2.45) is 0 Å². The Bertz CT molecular complexity index is 1160. The van der Waals surface area contributed by atoms with Gasteiger partial charge in [-0.2, -0.15) is 0 Å². The van der Waals surface area contributed by atoms with Gasteiger partial charge in [0.15, 0.2) is 0 Å². The largest absolute Gasteiger partial charge is 0.463 e. The van der Waals surface area contributed by atoms with Gasteiger partial charge in [-0.3, -0.25) is 9.59 Å². The molecule has 0 radical (unpaired) electrons. The topological polar surface area (TPSA) is 55.4 Å². The minimum absolute atomic E-state index is 0.134. The molecule has 0 heterocycles. The molecule has 4 nitrogen and oxygen atoms in total. The van der Waals surface area contributed by atoms with E-state index in [0.29, 0.717) is 24.8 Å². The Morgan fingerprint density at radius 2 is 1.63 bits per heavy atom. The molecule has 0 aliphatic heterocycles. The smallest absolute Gasteiger partial charge is 0.302 e.